The van der Waals surface area contributed by atoms with Crippen molar-refractivity contribution in [2.75, 3.05) is 0 Å². The third-order valence-electron chi connectivity index (χ3n) is 3.19. The normalized spacial score (nSPS) is 10.8. The molecular formula is C18H12N2. The lowest BCUT2D eigenvalue weighted by Crippen LogP contribution is -1.84. The Morgan fingerprint density at radius 2 is 1.60 bits per heavy atom. The third-order valence-corrected chi connectivity index (χ3v) is 3.19. The van der Waals surface area contributed by atoms with E-state index in [-0.39, 0.29) is 0 Å². The highest BCUT2D eigenvalue weighted by Gasteiger charge is 1.99. The van der Waals surface area contributed by atoms with Crippen molar-refractivity contribution in [1.29, 1.82) is 5.26 Å². The zero-order chi connectivity index (χ0) is 13.8. The van der Waals surface area contributed by atoms with Crippen molar-refractivity contribution in [3.8, 4) is 6.07 Å². The Bertz CT molecular complexity index is 821. The molecule has 0 aliphatic rings. The van der Waals surface area contributed by atoms with Gasteiger partial charge in [-0.2, -0.15) is 5.26 Å². The molecule has 0 amide bonds. The van der Waals surface area contributed by atoms with Crippen LogP contribution in [0.4, 0.5) is 5.69 Å². The Balaban J connectivity index is 2.05. The summed E-state index contributed by atoms with van der Waals surface area (Å²) in [4.78, 5) is 4.45. The lowest BCUT2D eigenvalue weighted by Gasteiger charge is -2.01. The average molecular weight is 256 g/mol. The molecule has 0 radical (unpaired) electrons. The number of nitriles is 1. The Hall–Kier alpha value is -2.92. The summed E-state index contributed by atoms with van der Waals surface area (Å²) in [5, 5.41) is 11.4. The molecule has 3 aromatic carbocycles. The number of benzene rings is 3. The zero-order valence-electron chi connectivity index (χ0n) is 10.8. The average Bonchev–Trinajstić information content (AvgIpc) is 2.53. The molecule has 0 unspecified atom stereocenters. The van der Waals surface area contributed by atoms with Gasteiger partial charge in [0.25, 0.3) is 0 Å². The molecule has 0 aliphatic carbocycles. The largest absolute Gasteiger partial charge is 0.255 e. The summed E-state index contributed by atoms with van der Waals surface area (Å²) in [7, 11) is 0. The van der Waals surface area contributed by atoms with Gasteiger partial charge in [0.1, 0.15) is 6.07 Å². The van der Waals surface area contributed by atoms with Crippen molar-refractivity contribution in [3.63, 3.8) is 0 Å². The van der Waals surface area contributed by atoms with Gasteiger partial charge in [-0.25, -0.2) is 0 Å². The van der Waals surface area contributed by atoms with Crippen LogP contribution in [0.15, 0.2) is 71.7 Å². The van der Waals surface area contributed by atoms with Gasteiger partial charge in [0, 0.05) is 11.8 Å². The molecule has 2 nitrogen and oxygen atoms in total. The van der Waals surface area contributed by atoms with Crippen molar-refractivity contribution >= 4 is 22.7 Å². The quantitative estimate of drug-likeness (QED) is 0.623. The monoisotopic (exact) mass is 256 g/mol. The first-order chi connectivity index (χ1) is 9.88. The molecule has 2 heteroatoms. The molecule has 0 bridgehead atoms. The molecule has 0 heterocycles. The van der Waals surface area contributed by atoms with E-state index in [1.54, 1.807) is 6.07 Å². The first-order valence-electron chi connectivity index (χ1n) is 6.39. The van der Waals surface area contributed by atoms with Gasteiger partial charge >= 0.3 is 0 Å². The van der Waals surface area contributed by atoms with Gasteiger partial charge in [-0.15, -0.1) is 0 Å². The summed E-state index contributed by atoms with van der Waals surface area (Å²) >= 11 is 0. The molecule has 0 aliphatic heterocycles. The van der Waals surface area contributed by atoms with Gasteiger partial charge in [-0.3, -0.25) is 4.99 Å². The summed E-state index contributed by atoms with van der Waals surface area (Å²) in [6.45, 7) is 0. The lowest BCUT2D eigenvalue weighted by atomic mass is 10.1. The SMILES string of the molecule is N#Cc1ccccc1N=Cc1cccc2ccccc12. The molecule has 3 aromatic rings. The van der Waals surface area contributed by atoms with Crippen LogP contribution in [-0.4, -0.2) is 6.21 Å². The van der Waals surface area contributed by atoms with Gasteiger partial charge in [-0.05, 0) is 22.9 Å². The van der Waals surface area contributed by atoms with Crippen LogP contribution < -0.4 is 0 Å². The second kappa shape index (κ2) is 5.38. The zero-order valence-corrected chi connectivity index (χ0v) is 10.8. The maximum absolute atomic E-state index is 9.06. The fraction of sp³-hybridized carbons (Fsp3) is 0. The second-order valence-electron chi connectivity index (χ2n) is 4.46. The predicted octanol–water partition coefficient (Wildman–Crippen LogP) is 4.46. The van der Waals surface area contributed by atoms with E-state index >= 15 is 0 Å². The second-order valence-corrected chi connectivity index (χ2v) is 4.46. The smallest absolute Gasteiger partial charge is 0.101 e. The topological polar surface area (TPSA) is 36.1 Å². The van der Waals surface area contributed by atoms with E-state index in [2.05, 4.69) is 29.3 Å². The van der Waals surface area contributed by atoms with Crippen molar-refractivity contribution in [2.45, 2.75) is 0 Å². The number of para-hydroxylation sites is 1. The van der Waals surface area contributed by atoms with Gasteiger partial charge in [0.15, 0.2) is 0 Å². The van der Waals surface area contributed by atoms with Crippen LogP contribution in [0.2, 0.25) is 0 Å². The number of nitrogens with zero attached hydrogens (tertiary/aromatic N) is 2. The van der Waals surface area contributed by atoms with E-state index in [0.29, 0.717) is 11.3 Å². The fourth-order valence-corrected chi connectivity index (χ4v) is 2.18. The van der Waals surface area contributed by atoms with Gasteiger partial charge in [0.05, 0.1) is 11.3 Å². The highest BCUT2D eigenvalue weighted by molar-refractivity contribution is 6.00. The lowest BCUT2D eigenvalue weighted by molar-refractivity contribution is 1.44. The highest BCUT2D eigenvalue weighted by atomic mass is 14.7. The summed E-state index contributed by atoms with van der Waals surface area (Å²) in [5.41, 5.74) is 2.34. The molecule has 0 saturated heterocycles. The summed E-state index contributed by atoms with van der Waals surface area (Å²) in [6, 6.07) is 23.8. The fourth-order valence-electron chi connectivity index (χ4n) is 2.18. The Morgan fingerprint density at radius 1 is 0.850 bits per heavy atom. The van der Waals surface area contributed by atoms with E-state index in [9.17, 15) is 0 Å². The van der Waals surface area contributed by atoms with Crippen LogP contribution in [0.1, 0.15) is 11.1 Å². The molecule has 0 fully saturated rings. The predicted molar refractivity (Wildman–Crippen MR) is 82.4 cm³/mol. The molecule has 20 heavy (non-hydrogen) atoms. The maximum atomic E-state index is 9.06. The number of rotatable bonds is 2. The minimum absolute atomic E-state index is 0.587. The number of aliphatic imine (C=N–C) groups is 1. The maximum Gasteiger partial charge on any atom is 0.101 e. The molecule has 0 atom stereocenters. The molecule has 0 aromatic heterocycles. The number of hydrogen-bond acceptors (Lipinski definition) is 2. The molecule has 0 N–H and O–H groups in total. The molecular weight excluding hydrogens is 244 g/mol. The molecule has 0 saturated carbocycles. The third kappa shape index (κ3) is 2.30. The Morgan fingerprint density at radius 3 is 2.50 bits per heavy atom. The highest BCUT2D eigenvalue weighted by Crippen LogP contribution is 2.20. The van der Waals surface area contributed by atoms with E-state index < -0.39 is 0 Å². The van der Waals surface area contributed by atoms with Crippen LogP contribution in [-0.2, 0) is 0 Å². The van der Waals surface area contributed by atoms with Crippen molar-refractivity contribution in [1.82, 2.24) is 0 Å². The van der Waals surface area contributed by atoms with Crippen molar-refractivity contribution < 1.29 is 0 Å². The van der Waals surface area contributed by atoms with Crippen molar-refractivity contribution in [3.05, 3.63) is 77.9 Å². The van der Waals surface area contributed by atoms with E-state index in [4.69, 9.17) is 5.26 Å². The minimum atomic E-state index is 0.587. The summed E-state index contributed by atoms with van der Waals surface area (Å²) in [6.07, 6.45) is 1.82. The van der Waals surface area contributed by atoms with E-state index in [0.717, 1.165) is 10.9 Å². The number of hydrogen-bond donors (Lipinski definition) is 0. The minimum Gasteiger partial charge on any atom is -0.255 e. The molecule has 94 valence electrons. The van der Waals surface area contributed by atoms with Gasteiger partial charge < -0.3 is 0 Å². The van der Waals surface area contributed by atoms with Crippen LogP contribution >= 0.6 is 0 Å². The Labute approximate surface area is 117 Å². The van der Waals surface area contributed by atoms with E-state index in [1.807, 2.05) is 48.7 Å². The molecule has 3 rings (SSSR count). The van der Waals surface area contributed by atoms with Gasteiger partial charge in [-0.1, -0.05) is 54.6 Å². The summed E-state index contributed by atoms with van der Waals surface area (Å²) < 4.78 is 0. The van der Waals surface area contributed by atoms with Crippen LogP contribution in [0.3, 0.4) is 0 Å². The molecule has 0 spiro atoms. The van der Waals surface area contributed by atoms with Gasteiger partial charge in [0.2, 0.25) is 0 Å². The van der Waals surface area contributed by atoms with Crippen LogP contribution in [0.5, 0.6) is 0 Å². The van der Waals surface area contributed by atoms with Crippen molar-refractivity contribution in [2.24, 2.45) is 4.99 Å². The Kier molecular flexibility index (Phi) is 3.26. The van der Waals surface area contributed by atoms with Crippen LogP contribution in [0, 0.1) is 11.3 Å². The van der Waals surface area contributed by atoms with Crippen LogP contribution in [0.25, 0.3) is 10.8 Å². The first-order valence-corrected chi connectivity index (χ1v) is 6.39. The first kappa shape index (κ1) is 12.1. The standard InChI is InChI=1S/C18H12N2/c19-12-15-7-2-4-11-18(15)20-13-16-9-5-8-14-6-1-3-10-17(14)16/h1-11,13H. The summed E-state index contributed by atoms with van der Waals surface area (Å²) in [5.74, 6) is 0. The number of fused-ring (bicyclic) bond motifs is 1. The van der Waals surface area contributed by atoms with E-state index in [1.165, 1.54) is 5.39 Å².